The van der Waals surface area contributed by atoms with E-state index in [2.05, 4.69) is 27.6 Å². The molecule has 2 aromatic heterocycles. The van der Waals surface area contributed by atoms with Gasteiger partial charge in [0.25, 0.3) is 0 Å². The highest BCUT2D eigenvalue weighted by atomic mass is 32.1. The van der Waals surface area contributed by atoms with Crippen LogP contribution in [-0.4, -0.2) is 20.8 Å². The van der Waals surface area contributed by atoms with Crippen molar-refractivity contribution in [2.24, 2.45) is 7.05 Å². The number of thiazole rings is 1. The van der Waals surface area contributed by atoms with E-state index in [0.717, 1.165) is 17.1 Å². The van der Waals surface area contributed by atoms with Gasteiger partial charge in [0.15, 0.2) is 0 Å². The fraction of sp³-hybridized carbons (Fsp3) is 0.417. The van der Waals surface area contributed by atoms with Crippen molar-refractivity contribution in [2.75, 3.05) is 5.32 Å². The molecular weight excluding hydrogens is 262 g/mol. The maximum Gasteiger partial charge on any atom is 0.320 e. The quantitative estimate of drug-likeness (QED) is 0.900. The van der Waals surface area contributed by atoms with Crippen molar-refractivity contribution in [3.05, 3.63) is 27.8 Å². The molecule has 7 heteroatoms. The van der Waals surface area contributed by atoms with Crippen LogP contribution in [0.1, 0.15) is 22.5 Å². The highest BCUT2D eigenvalue weighted by Crippen LogP contribution is 2.13. The van der Waals surface area contributed by atoms with Crippen LogP contribution < -0.4 is 10.6 Å². The number of aryl methyl sites for hydroxylation is 3. The van der Waals surface area contributed by atoms with Crippen LogP contribution >= 0.6 is 11.3 Å². The molecule has 0 aliphatic carbocycles. The number of amides is 2. The molecule has 0 aliphatic heterocycles. The number of carbonyl (C=O) groups is 1. The Morgan fingerprint density at radius 2 is 2.32 bits per heavy atom. The third-order valence-corrected chi connectivity index (χ3v) is 3.74. The molecule has 0 saturated heterocycles. The number of carbonyl (C=O) groups excluding carboxylic acids is 1. The van der Waals surface area contributed by atoms with E-state index in [4.69, 9.17) is 0 Å². The Bertz CT molecular complexity index is 574. The first kappa shape index (κ1) is 13.5. The SMILES string of the molecule is CCc1cnc(CNC(=O)Nc2cc(C)nn2C)s1. The zero-order chi connectivity index (χ0) is 13.8. The zero-order valence-corrected chi connectivity index (χ0v) is 12.0. The second-order valence-corrected chi connectivity index (χ2v) is 5.38. The van der Waals surface area contributed by atoms with Crippen molar-refractivity contribution in [1.82, 2.24) is 20.1 Å². The third kappa shape index (κ3) is 3.54. The topological polar surface area (TPSA) is 71.8 Å². The van der Waals surface area contributed by atoms with Gasteiger partial charge in [0.1, 0.15) is 10.8 Å². The average molecular weight is 279 g/mol. The predicted octanol–water partition coefficient (Wildman–Crippen LogP) is 2.07. The van der Waals surface area contributed by atoms with Crippen LogP contribution in [0.4, 0.5) is 10.6 Å². The smallest absolute Gasteiger partial charge is 0.320 e. The number of urea groups is 1. The van der Waals surface area contributed by atoms with Crippen molar-refractivity contribution in [1.29, 1.82) is 0 Å². The van der Waals surface area contributed by atoms with E-state index >= 15 is 0 Å². The largest absolute Gasteiger partial charge is 0.331 e. The molecule has 0 fully saturated rings. The molecule has 2 amide bonds. The zero-order valence-electron chi connectivity index (χ0n) is 11.2. The summed E-state index contributed by atoms with van der Waals surface area (Å²) in [5.41, 5.74) is 0.866. The van der Waals surface area contributed by atoms with Gasteiger partial charge in [-0.15, -0.1) is 11.3 Å². The highest BCUT2D eigenvalue weighted by Gasteiger charge is 2.07. The molecule has 2 aromatic rings. The summed E-state index contributed by atoms with van der Waals surface area (Å²) in [6.45, 7) is 4.40. The van der Waals surface area contributed by atoms with Crippen molar-refractivity contribution >= 4 is 23.2 Å². The molecule has 0 aromatic carbocycles. The van der Waals surface area contributed by atoms with E-state index in [1.807, 2.05) is 19.2 Å². The molecule has 19 heavy (non-hydrogen) atoms. The number of hydrogen-bond acceptors (Lipinski definition) is 4. The van der Waals surface area contributed by atoms with Crippen LogP contribution in [0, 0.1) is 6.92 Å². The minimum atomic E-state index is -0.253. The van der Waals surface area contributed by atoms with Gasteiger partial charge in [0, 0.05) is 24.2 Å². The predicted molar refractivity (Wildman–Crippen MR) is 75.3 cm³/mol. The summed E-state index contributed by atoms with van der Waals surface area (Å²) in [5.74, 6) is 0.670. The average Bonchev–Trinajstić information content (AvgIpc) is 2.94. The van der Waals surface area contributed by atoms with Crippen LogP contribution in [0.15, 0.2) is 12.3 Å². The Balaban J connectivity index is 1.86. The van der Waals surface area contributed by atoms with Gasteiger partial charge in [-0.25, -0.2) is 9.78 Å². The molecule has 2 heterocycles. The van der Waals surface area contributed by atoms with E-state index in [1.165, 1.54) is 4.88 Å². The Hall–Kier alpha value is -1.89. The van der Waals surface area contributed by atoms with Gasteiger partial charge in [-0.2, -0.15) is 5.10 Å². The lowest BCUT2D eigenvalue weighted by atomic mass is 10.4. The minimum absolute atomic E-state index is 0.253. The molecule has 0 unspecified atom stereocenters. The summed E-state index contributed by atoms with van der Waals surface area (Å²) in [7, 11) is 1.79. The Labute approximate surface area is 115 Å². The summed E-state index contributed by atoms with van der Waals surface area (Å²) in [6.07, 6.45) is 2.82. The van der Waals surface area contributed by atoms with E-state index in [9.17, 15) is 4.79 Å². The highest BCUT2D eigenvalue weighted by molar-refractivity contribution is 7.11. The monoisotopic (exact) mass is 279 g/mol. The molecule has 0 atom stereocenters. The lowest BCUT2D eigenvalue weighted by Crippen LogP contribution is -2.28. The molecule has 0 bridgehead atoms. The summed E-state index contributed by atoms with van der Waals surface area (Å²) in [4.78, 5) is 17.2. The number of aromatic nitrogens is 3. The van der Waals surface area contributed by atoms with Crippen LogP contribution in [0.3, 0.4) is 0 Å². The van der Waals surface area contributed by atoms with Gasteiger partial charge >= 0.3 is 6.03 Å². The van der Waals surface area contributed by atoms with Crippen LogP contribution in [0.2, 0.25) is 0 Å². The van der Waals surface area contributed by atoms with E-state index in [0.29, 0.717) is 12.4 Å². The van der Waals surface area contributed by atoms with Crippen molar-refractivity contribution < 1.29 is 4.79 Å². The Kier molecular flexibility index (Phi) is 4.16. The van der Waals surface area contributed by atoms with Gasteiger partial charge < -0.3 is 5.32 Å². The second kappa shape index (κ2) is 5.83. The molecule has 6 nitrogen and oxygen atoms in total. The molecule has 2 N–H and O–H groups in total. The normalized spacial score (nSPS) is 10.5. The number of rotatable bonds is 4. The number of nitrogens with zero attached hydrogens (tertiary/aromatic N) is 3. The van der Waals surface area contributed by atoms with Gasteiger partial charge in [-0.3, -0.25) is 10.00 Å². The van der Waals surface area contributed by atoms with Gasteiger partial charge in [-0.1, -0.05) is 6.92 Å². The van der Waals surface area contributed by atoms with Crippen LogP contribution in [0.5, 0.6) is 0 Å². The van der Waals surface area contributed by atoms with E-state index < -0.39 is 0 Å². The first-order valence-electron chi connectivity index (χ1n) is 6.07. The van der Waals surface area contributed by atoms with Crippen LogP contribution in [0.25, 0.3) is 0 Å². The van der Waals surface area contributed by atoms with Crippen molar-refractivity contribution in [3.63, 3.8) is 0 Å². The van der Waals surface area contributed by atoms with Crippen LogP contribution in [-0.2, 0) is 20.0 Å². The van der Waals surface area contributed by atoms with E-state index in [1.54, 1.807) is 23.1 Å². The standard InChI is InChI=1S/C12H17N5OS/c1-4-9-6-13-11(19-9)7-14-12(18)15-10-5-8(2)16-17(10)3/h5-6H,4,7H2,1-3H3,(H2,14,15,18). The minimum Gasteiger partial charge on any atom is -0.331 e. The summed E-state index contributed by atoms with van der Waals surface area (Å²) in [5, 5.41) is 10.6. The van der Waals surface area contributed by atoms with Crippen molar-refractivity contribution in [3.8, 4) is 0 Å². The lowest BCUT2D eigenvalue weighted by Gasteiger charge is -2.05. The first-order chi connectivity index (χ1) is 9.08. The lowest BCUT2D eigenvalue weighted by molar-refractivity contribution is 0.251. The number of anilines is 1. The maximum atomic E-state index is 11.7. The Morgan fingerprint density at radius 3 is 2.89 bits per heavy atom. The molecule has 0 aliphatic rings. The molecule has 0 saturated carbocycles. The first-order valence-corrected chi connectivity index (χ1v) is 6.89. The fourth-order valence-corrected chi connectivity index (χ4v) is 2.44. The summed E-state index contributed by atoms with van der Waals surface area (Å²) < 4.78 is 1.63. The van der Waals surface area contributed by atoms with E-state index in [-0.39, 0.29) is 6.03 Å². The molecule has 0 radical (unpaired) electrons. The molecule has 2 rings (SSSR count). The third-order valence-electron chi connectivity index (χ3n) is 2.59. The number of hydrogen-bond donors (Lipinski definition) is 2. The number of nitrogens with one attached hydrogen (secondary N) is 2. The fourth-order valence-electron chi connectivity index (χ4n) is 1.64. The molecular formula is C12H17N5OS. The Morgan fingerprint density at radius 1 is 1.53 bits per heavy atom. The second-order valence-electron chi connectivity index (χ2n) is 4.18. The summed E-state index contributed by atoms with van der Waals surface area (Å²) in [6, 6.07) is 1.56. The van der Waals surface area contributed by atoms with Crippen molar-refractivity contribution in [2.45, 2.75) is 26.8 Å². The van der Waals surface area contributed by atoms with Gasteiger partial charge in [0.2, 0.25) is 0 Å². The molecule has 0 spiro atoms. The van der Waals surface area contributed by atoms with Gasteiger partial charge in [0.05, 0.1) is 12.2 Å². The maximum absolute atomic E-state index is 11.7. The summed E-state index contributed by atoms with van der Waals surface area (Å²) >= 11 is 1.62. The molecule has 102 valence electrons. The van der Waals surface area contributed by atoms with Gasteiger partial charge in [-0.05, 0) is 13.3 Å².